The van der Waals surface area contributed by atoms with E-state index in [0.29, 0.717) is 0 Å². The van der Waals surface area contributed by atoms with Gasteiger partial charge in [-0.15, -0.1) is 0 Å². The Morgan fingerprint density at radius 1 is 1.60 bits per heavy atom. The van der Waals surface area contributed by atoms with Gasteiger partial charge in [0.1, 0.15) is 0 Å². The molecule has 1 aliphatic rings. The van der Waals surface area contributed by atoms with E-state index >= 15 is 0 Å². The van der Waals surface area contributed by atoms with Crippen LogP contribution < -0.4 is 0 Å². The maximum absolute atomic E-state index is 12.1. The molecule has 0 radical (unpaired) electrons. The first-order chi connectivity index (χ1) is 6.95. The van der Waals surface area contributed by atoms with Gasteiger partial charge in [0.2, 0.25) is 0 Å². The lowest BCUT2D eigenvalue weighted by molar-refractivity contribution is -0.192. The molecule has 1 aliphatic heterocycles. The minimum absolute atomic E-state index is 0.0292. The van der Waals surface area contributed by atoms with Gasteiger partial charge in [0.25, 0.3) is 0 Å². The molecule has 0 aliphatic carbocycles. The number of carbonyl (C=O) groups is 1. The lowest BCUT2D eigenvalue weighted by atomic mass is 10.3. The molecule has 0 saturated carbocycles. The Kier molecular flexibility index (Phi) is 3.92. The summed E-state index contributed by atoms with van der Waals surface area (Å²) in [6.07, 6.45) is -5.29. The van der Waals surface area contributed by atoms with Crippen molar-refractivity contribution >= 4 is 5.91 Å². The molecule has 1 rings (SSSR count). The van der Waals surface area contributed by atoms with E-state index in [2.05, 4.69) is 0 Å². The average molecular weight is 227 g/mol. The monoisotopic (exact) mass is 227 g/mol. The Morgan fingerprint density at radius 3 is 2.80 bits per heavy atom. The topological polar surface area (TPSA) is 38.8 Å². The first kappa shape index (κ1) is 12.3. The van der Waals surface area contributed by atoms with Gasteiger partial charge in [0.15, 0.2) is 0 Å². The fraction of sp³-hybridized carbons (Fsp3) is 0.875. The molecular formula is C8H12F3NO3. The lowest BCUT2D eigenvalue weighted by Crippen LogP contribution is -2.51. The molecule has 0 bridgehead atoms. The van der Waals surface area contributed by atoms with Crippen LogP contribution in [-0.4, -0.2) is 56.5 Å². The molecule has 0 spiro atoms. The predicted octanol–water partition coefficient (Wildman–Crippen LogP) is 0.423. The Hall–Kier alpha value is -0.820. The molecule has 1 heterocycles. The average Bonchev–Trinajstić information content (AvgIpc) is 2.16. The number of halogens is 3. The normalized spacial score (nSPS) is 22.9. The molecule has 15 heavy (non-hydrogen) atoms. The fourth-order valence-corrected chi connectivity index (χ4v) is 1.37. The molecule has 1 atom stereocenters. The molecule has 0 aromatic carbocycles. The molecule has 1 amide bonds. The number of morpholine rings is 1. The summed E-state index contributed by atoms with van der Waals surface area (Å²) in [5, 5.41) is 0. The van der Waals surface area contributed by atoms with Crippen LogP contribution in [0.1, 0.15) is 0 Å². The third-order valence-corrected chi connectivity index (χ3v) is 2.02. The van der Waals surface area contributed by atoms with Crippen molar-refractivity contribution in [1.29, 1.82) is 0 Å². The number of rotatable bonds is 2. The molecule has 0 aromatic heterocycles. The Balaban J connectivity index is 2.52. The molecular weight excluding hydrogens is 215 g/mol. The summed E-state index contributed by atoms with van der Waals surface area (Å²) in [4.78, 5) is 11.6. The van der Waals surface area contributed by atoms with E-state index in [1.165, 1.54) is 7.11 Å². The minimum atomic E-state index is -4.81. The third-order valence-electron chi connectivity index (χ3n) is 2.02. The summed E-state index contributed by atoms with van der Waals surface area (Å²) in [6.45, 7) is 0.183. The predicted molar refractivity (Wildman–Crippen MR) is 44.3 cm³/mol. The highest BCUT2D eigenvalue weighted by atomic mass is 19.4. The summed E-state index contributed by atoms with van der Waals surface area (Å²) < 4.78 is 46.1. The largest absolute Gasteiger partial charge is 0.471 e. The molecule has 4 nitrogen and oxygen atoms in total. The fourth-order valence-electron chi connectivity index (χ4n) is 1.37. The number of hydrogen-bond donors (Lipinski definition) is 0. The summed E-state index contributed by atoms with van der Waals surface area (Å²) in [6, 6.07) is 0. The van der Waals surface area contributed by atoms with Gasteiger partial charge in [-0.05, 0) is 0 Å². The van der Waals surface area contributed by atoms with Crippen LogP contribution >= 0.6 is 0 Å². The van der Waals surface area contributed by atoms with Crippen LogP contribution in [0.3, 0.4) is 0 Å². The Labute approximate surface area is 84.9 Å². The SMILES string of the molecule is COCC1CN(C(=O)C(F)(F)F)CCO1. The highest BCUT2D eigenvalue weighted by molar-refractivity contribution is 5.81. The highest BCUT2D eigenvalue weighted by Gasteiger charge is 2.43. The van der Waals surface area contributed by atoms with Crippen LogP contribution in [0.2, 0.25) is 0 Å². The first-order valence-electron chi connectivity index (χ1n) is 4.41. The smallest absolute Gasteiger partial charge is 0.382 e. The minimum Gasteiger partial charge on any atom is -0.382 e. The van der Waals surface area contributed by atoms with Crippen molar-refractivity contribution in [2.75, 3.05) is 33.4 Å². The van der Waals surface area contributed by atoms with Crippen molar-refractivity contribution < 1.29 is 27.4 Å². The van der Waals surface area contributed by atoms with E-state index in [0.717, 1.165) is 4.90 Å². The molecule has 1 fully saturated rings. The van der Waals surface area contributed by atoms with Crippen LogP contribution in [0.15, 0.2) is 0 Å². The number of amides is 1. The van der Waals surface area contributed by atoms with Crippen LogP contribution in [0.25, 0.3) is 0 Å². The second-order valence-corrected chi connectivity index (χ2v) is 3.20. The lowest BCUT2D eigenvalue weighted by Gasteiger charge is -2.32. The summed E-state index contributed by atoms with van der Waals surface area (Å²) in [7, 11) is 1.42. The van der Waals surface area contributed by atoms with Crippen LogP contribution in [0, 0.1) is 0 Å². The number of methoxy groups -OCH3 is 1. The van der Waals surface area contributed by atoms with Crippen LogP contribution in [0.4, 0.5) is 13.2 Å². The van der Waals surface area contributed by atoms with Crippen molar-refractivity contribution in [3.63, 3.8) is 0 Å². The van der Waals surface area contributed by atoms with Crippen molar-refractivity contribution in [1.82, 2.24) is 4.90 Å². The zero-order valence-corrected chi connectivity index (χ0v) is 8.21. The first-order valence-corrected chi connectivity index (χ1v) is 4.41. The molecule has 0 N–H and O–H groups in total. The van der Waals surface area contributed by atoms with E-state index in [9.17, 15) is 18.0 Å². The quantitative estimate of drug-likeness (QED) is 0.686. The van der Waals surface area contributed by atoms with Gasteiger partial charge >= 0.3 is 12.1 Å². The number of ether oxygens (including phenoxy) is 2. The van der Waals surface area contributed by atoms with Crippen molar-refractivity contribution in [2.24, 2.45) is 0 Å². The number of carbonyl (C=O) groups excluding carboxylic acids is 1. The standard InChI is InChI=1S/C8H12F3NO3/c1-14-5-6-4-12(2-3-15-6)7(13)8(9,10)11/h6H,2-5H2,1H3. The van der Waals surface area contributed by atoms with Crippen LogP contribution in [-0.2, 0) is 14.3 Å². The number of hydrogen-bond acceptors (Lipinski definition) is 3. The van der Waals surface area contributed by atoms with Gasteiger partial charge in [0.05, 0.1) is 19.3 Å². The Bertz CT molecular complexity index is 230. The summed E-state index contributed by atoms with van der Waals surface area (Å²) in [5.41, 5.74) is 0. The highest BCUT2D eigenvalue weighted by Crippen LogP contribution is 2.20. The molecule has 1 unspecified atom stereocenters. The van der Waals surface area contributed by atoms with Crippen LogP contribution in [0.5, 0.6) is 0 Å². The van der Waals surface area contributed by atoms with Gasteiger partial charge in [-0.1, -0.05) is 0 Å². The number of nitrogens with zero attached hydrogens (tertiary/aromatic N) is 1. The van der Waals surface area contributed by atoms with Gasteiger partial charge in [-0.3, -0.25) is 4.79 Å². The van der Waals surface area contributed by atoms with Crippen molar-refractivity contribution in [3.05, 3.63) is 0 Å². The van der Waals surface area contributed by atoms with Crippen molar-refractivity contribution in [3.8, 4) is 0 Å². The van der Waals surface area contributed by atoms with E-state index < -0.39 is 18.2 Å². The van der Waals surface area contributed by atoms with Gasteiger partial charge in [0, 0.05) is 20.2 Å². The summed E-state index contributed by atoms with van der Waals surface area (Å²) in [5.74, 6) is -1.81. The third kappa shape index (κ3) is 3.35. The van der Waals surface area contributed by atoms with E-state index in [-0.39, 0.29) is 26.3 Å². The zero-order chi connectivity index (χ0) is 11.5. The zero-order valence-electron chi connectivity index (χ0n) is 8.21. The second-order valence-electron chi connectivity index (χ2n) is 3.20. The van der Waals surface area contributed by atoms with Gasteiger partial charge in [-0.2, -0.15) is 13.2 Å². The molecule has 1 saturated heterocycles. The van der Waals surface area contributed by atoms with E-state index in [4.69, 9.17) is 9.47 Å². The number of alkyl halides is 3. The van der Waals surface area contributed by atoms with Gasteiger partial charge in [-0.25, -0.2) is 0 Å². The van der Waals surface area contributed by atoms with Crippen molar-refractivity contribution in [2.45, 2.75) is 12.3 Å². The molecule has 7 heteroatoms. The maximum Gasteiger partial charge on any atom is 0.471 e. The Morgan fingerprint density at radius 2 is 2.27 bits per heavy atom. The summed E-state index contributed by atoms with van der Waals surface area (Å²) >= 11 is 0. The molecule has 0 aromatic rings. The molecule has 88 valence electrons. The van der Waals surface area contributed by atoms with Gasteiger partial charge < -0.3 is 14.4 Å². The van der Waals surface area contributed by atoms with E-state index in [1.54, 1.807) is 0 Å². The van der Waals surface area contributed by atoms with E-state index in [1.807, 2.05) is 0 Å². The maximum atomic E-state index is 12.1. The second kappa shape index (κ2) is 4.80.